The molecule has 0 radical (unpaired) electrons. The molecular formula is C14H11BrClFO2. The Hall–Kier alpha value is -1.26. The van der Waals surface area contributed by atoms with Crippen LogP contribution in [0.15, 0.2) is 40.9 Å². The van der Waals surface area contributed by atoms with Crippen LogP contribution in [0.25, 0.3) is 0 Å². The molecule has 0 aromatic heterocycles. The highest BCUT2D eigenvalue weighted by atomic mass is 79.9. The largest absolute Gasteiger partial charge is 0.494 e. The number of benzene rings is 2. The molecule has 0 aliphatic rings. The van der Waals surface area contributed by atoms with E-state index in [1.165, 1.54) is 13.2 Å². The van der Waals surface area contributed by atoms with E-state index in [0.717, 1.165) is 4.47 Å². The second kappa shape index (κ2) is 6.26. The Kier molecular flexibility index (Phi) is 4.66. The Morgan fingerprint density at radius 3 is 2.63 bits per heavy atom. The molecule has 0 saturated heterocycles. The van der Waals surface area contributed by atoms with Crippen LogP contribution in [-0.4, -0.2) is 7.11 Å². The minimum atomic E-state index is -0.413. The van der Waals surface area contributed by atoms with Crippen LogP contribution >= 0.6 is 27.5 Å². The van der Waals surface area contributed by atoms with Crippen molar-refractivity contribution < 1.29 is 13.9 Å². The summed E-state index contributed by atoms with van der Waals surface area (Å²) in [6, 6.07) is 10.0. The number of ether oxygens (including phenoxy) is 2. The normalized spacial score (nSPS) is 10.3. The molecule has 0 aliphatic heterocycles. The van der Waals surface area contributed by atoms with Gasteiger partial charge in [-0.1, -0.05) is 33.6 Å². The summed E-state index contributed by atoms with van der Waals surface area (Å²) < 4.78 is 24.8. The van der Waals surface area contributed by atoms with Crippen molar-refractivity contribution in [2.75, 3.05) is 7.11 Å². The second-order valence-electron chi connectivity index (χ2n) is 3.83. The smallest absolute Gasteiger partial charge is 0.165 e. The van der Waals surface area contributed by atoms with E-state index in [4.69, 9.17) is 21.1 Å². The summed E-state index contributed by atoms with van der Waals surface area (Å²) in [5.41, 5.74) is 0.703. The molecule has 100 valence electrons. The average molecular weight is 346 g/mol. The molecule has 0 N–H and O–H groups in total. The minimum Gasteiger partial charge on any atom is -0.494 e. The maximum absolute atomic E-state index is 13.5. The molecule has 0 saturated carbocycles. The molecule has 0 aliphatic carbocycles. The predicted molar refractivity (Wildman–Crippen MR) is 76.4 cm³/mol. The van der Waals surface area contributed by atoms with E-state index in [1.54, 1.807) is 24.3 Å². The number of rotatable bonds is 4. The number of halogens is 3. The van der Waals surface area contributed by atoms with E-state index in [2.05, 4.69) is 15.9 Å². The van der Waals surface area contributed by atoms with E-state index < -0.39 is 5.82 Å². The van der Waals surface area contributed by atoms with Gasteiger partial charge in [0.15, 0.2) is 11.6 Å². The van der Waals surface area contributed by atoms with Crippen molar-refractivity contribution >= 4 is 27.5 Å². The predicted octanol–water partition coefficient (Wildman–Crippen LogP) is 4.83. The quantitative estimate of drug-likeness (QED) is 0.790. The molecular weight excluding hydrogens is 335 g/mol. The lowest BCUT2D eigenvalue weighted by Gasteiger charge is -2.09. The fourth-order valence-corrected chi connectivity index (χ4v) is 2.06. The first-order chi connectivity index (χ1) is 9.10. The van der Waals surface area contributed by atoms with Gasteiger partial charge in [0.1, 0.15) is 12.4 Å². The summed E-state index contributed by atoms with van der Waals surface area (Å²) in [5, 5.41) is 0.511. The number of hydrogen-bond acceptors (Lipinski definition) is 2. The molecule has 0 fully saturated rings. The SMILES string of the molecule is COc1ccc(COc2cc(Br)ccc2Cl)cc1F. The van der Waals surface area contributed by atoms with Crippen LogP contribution in [0, 0.1) is 5.82 Å². The van der Waals surface area contributed by atoms with Crippen LogP contribution in [0.4, 0.5) is 4.39 Å². The highest BCUT2D eigenvalue weighted by Crippen LogP contribution is 2.29. The molecule has 0 atom stereocenters. The van der Waals surface area contributed by atoms with E-state index in [1.807, 2.05) is 6.07 Å². The Balaban J connectivity index is 2.10. The highest BCUT2D eigenvalue weighted by molar-refractivity contribution is 9.10. The fraction of sp³-hybridized carbons (Fsp3) is 0.143. The van der Waals surface area contributed by atoms with Gasteiger partial charge in [0.2, 0.25) is 0 Å². The van der Waals surface area contributed by atoms with E-state index >= 15 is 0 Å². The van der Waals surface area contributed by atoms with E-state index in [0.29, 0.717) is 16.3 Å². The third kappa shape index (κ3) is 3.61. The van der Waals surface area contributed by atoms with Gasteiger partial charge in [0.25, 0.3) is 0 Å². The Morgan fingerprint density at radius 1 is 1.16 bits per heavy atom. The molecule has 19 heavy (non-hydrogen) atoms. The van der Waals surface area contributed by atoms with E-state index in [9.17, 15) is 4.39 Å². The molecule has 2 rings (SSSR count). The first kappa shape index (κ1) is 14.2. The molecule has 2 nitrogen and oxygen atoms in total. The first-order valence-electron chi connectivity index (χ1n) is 5.50. The Labute approximate surface area is 124 Å². The average Bonchev–Trinajstić information content (AvgIpc) is 2.40. The van der Waals surface area contributed by atoms with Crippen molar-refractivity contribution in [1.29, 1.82) is 0 Å². The van der Waals surface area contributed by atoms with Gasteiger partial charge < -0.3 is 9.47 Å². The topological polar surface area (TPSA) is 18.5 Å². The summed E-state index contributed by atoms with van der Waals surface area (Å²) in [6.45, 7) is 0.233. The zero-order chi connectivity index (χ0) is 13.8. The highest BCUT2D eigenvalue weighted by Gasteiger charge is 2.06. The van der Waals surface area contributed by atoms with Gasteiger partial charge in [-0.05, 0) is 35.9 Å². The summed E-state index contributed by atoms with van der Waals surface area (Å²) in [4.78, 5) is 0. The monoisotopic (exact) mass is 344 g/mol. The standard InChI is InChI=1S/C14H11BrClFO2/c1-18-13-5-2-9(6-12(13)17)8-19-14-7-10(15)3-4-11(14)16/h2-7H,8H2,1H3. The molecule has 5 heteroatoms. The molecule has 2 aromatic rings. The molecule has 0 spiro atoms. The van der Waals surface area contributed by atoms with Crippen LogP contribution in [0.5, 0.6) is 11.5 Å². The van der Waals surface area contributed by atoms with Crippen LogP contribution in [0.2, 0.25) is 5.02 Å². The molecule has 0 unspecified atom stereocenters. The van der Waals surface area contributed by atoms with Gasteiger partial charge in [0, 0.05) is 4.47 Å². The number of methoxy groups -OCH3 is 1. The molecule has 2 aromatic carbocycles. The summed E-state index contributed by atoms with van der Waals surface area (Å²) >= 11 is 9.34. The fourth-order valence-electron chi connectivity index (χ4n) is 1.55. The zero-order valence-electron chi connectivity index (χ0n) is 10.1. The number of hydrogen-bond donors (Lipinski definition) is 0. The zero-order valence-corrected chi connectivity index (χ0v) is 12.5. The summed E-state index contributed by atoms with van der Waals surface area (Å²) in [5.74, 6) is 0.348. The van der Waals surface area contributed by atoms with Crippen molar-refractivity contribution in [1.82, 2.24) is 0 Å². The lowest BCUT2D eigenvalue weighted by atomic mass is 10.2. The van der Waals surface area contributed by atoms with Gasteiger partial charge in [-0.25, -0.2) is 4.39 Å². The molecule has 0 heterocycles. The van der Waals surface area contributed by atoms with Gasteiger partial charge in [-0.15, -0.1) is 0 Å². The first-order valence-corrected chi connectivity index (χ1v) is 6.67. The van der Waals surface area contributed by atoms with Crippen LogP contribution in [0.3, 0.4) is 0 Å². The van der Waals surface area contributed by atoms with Crippen molar-refractivity contribution in [3.8, 4) is 11.5 Å². The van der Waals surface area contributed by atoms with Gasteiger partial charge in [-0.2, -0.15) is 0 Å². The second-order valence-corrected chi connectivity index (χ2v) is 5.16. The maximum Gasteiger partial charge on any atom is 0.165 e. The van der Waals surface area contributed by atoms with Crippen molar-refractivity contribution in [2.45, 2.75) is 6.61 Å². The summed E-state index contributed by atoms with van der Waals surface area (Å²) in [6.07, 6.45) is 0. The van der Waals surface area contributed by atoms with Crippen LogP contribution < -0.4 is 9.47 Å². The third-order valence-electron chi connectivity index (χ3n) is 2.50. The van der Waals surface area contributed by atoms with Crippen LogP contribution in [-0.2, 0) is 6.61 Å². The Morgan fingerprint density at radius 2 is 1.95 bits per heavy atom. The van der Waals surface area contributed by atoms with E-state index in [-0.39, 0.29) is 12.4 Å². The van der Waals surface area contributed by atoms with Gasteiger partial charge in [0.05, 0.1) is 12.1 Å². The minimum absolute atomic E-state index is 0.212. The maximum atomic E-state index is 13.5. The third-order valence-corrected chi connectivity index (χ3v) is 3.31. The Bertz CT molecular complexity index is 590. The van der Waals surface area contributed by atoms with Crippen molar-refractivity contribution in [3.05, 3.63) is 57.3 Å². The lowest BCUT2D eigenvalue weighted by molar-refractivity contribution is 0.304. The van der Waals surface area contributed by atoms with Crippen molar-refractivity contribution in [3.63, 3.8) is 0 Å². The summed E-state index contributed by atoms with van der Waals surface area (Å²) in [7, 11) is 1.43. The van der Waals surface area contributed by atoms with Crippen molar-refractivity contribution in [2.24, 2.45) is 0 Å². The lowest BCUT2D eigenvalue weighted by Crippen LogP contribution is -1.97. The molecule has 0 bridgehead atoms. The van der Waals surface area contributed by atoms with Crippen LogP contribution in [0.1, 0.15) is 5.56 Å². The van der Waals surface area contributed by atoms with Gasteiger partial charge >= 0.3 is 0 Å². The molecule has 0 amide bonds. The van der Waals surface area contributed by atoms with Gasteiger partial charge in [-0.3, -0.25) is 0 Å².